The number of fused-ring (bicyclic) bond motifs is 1. The summed E-state index contributed by atoms with van der Waals surface area (Å²) in [5, 5.41) is 0. The molecule has 1 aliphatic heterocycles. The quantitative estimate of drug-likeness (QED) is 0.557. The van der Waals surface area contributed by atoms with Crippen molar-refractivity contribution in [1.29, 1.82) is 0 Å². The van der Waals surface area contributed by atoms with Gasteiger partial charge in [-0.2, -0.15) is 0 Å². The van der Waals surface area contributed by atoms with Crippen molar-refractivity contribution in [3.63, 3.8) is 0 Å². The van der Waals surface area contributed by atoms with E-state index in [0.29, 0.717) is 17.9 Å². The average molecular weight is 188 g/mol. The maximum Gasteiger partial charge on any atom is 0.189 e. The fourth-order valence-corrected chi connectivity index (χ4v) is 2.16. The smallest absolute Gasteiger partial charge is 0.189 e. The molecule has 0 fully saturated rings. The Hall–Kier alpha value is -1.11. The highest BCUT2D eigenvalue weighted by atomic mass is 15.0. The van der Waals surface area contributed by atoms with Crippen LogP contribution in [0, 0.1) is 11.8 Å². The molecule has 0 bridgehead atoms. The Kier molecular flexibility index (Phi) is 2.40. The molecule has 0 radical (unpaired) electrons. The van der Waals surface area contributed by atoms with Gasteiger partial charge in [0.25, 0.3) is 0 Å². The van der Waals surface area contributed by atoms with Crippen LogP contribution < -0.4 is 0 Å². The molecule has 1 heterocycles. The molecule has 1 heteroatoms. The second-order valence-electron chi connectivity index (χ2n) is 4.40. The van der Waals surface area contributed by atoms with Gasteiger partial charge in [0.15, 0.2) is 18.0 Å². The van der Waals surface area contributed by atoms with Gasteiger partial charge in [-0.1, -0.05) is 25.2 Å². The molecule has 0 aromatic heterocycles. The molecule has 1 nitrogen and oxygen atoms in total. The normalized spacial score (nSPS) is 30.0. The first kappa shape index (κ1) is 9.45. The molecule has 74 valence electrons. The van der Waals surface area contributed by atoms with Crippen LogP contribution >= 0.6 is 0 Å². The molecule has 2 atom stereocenters. The summed E-state index contributed by atoms with van der Waals surface area (Å²) in [5.74, 6) is 1.20. The van der Waals surface area contributed by atoms with Gasteiger partial charge >= 0.3 is 0 Å². The Morgan fingerprint density at radius 3 is 2.71 bits per heavy atom. The molecular formula is C13H18N+. The summed E-state index contributed by atoms with van der Waals surface area (Å²) in [6, 6.07) is 0.549. The van der Waals surface area contributed by atoms with Gasteiger partial charge in [0.2, 0.25) is 0 Å². The van der Waals surface area contributed by atoms with E-state index in [2.05, 4.69) is 61.9 Å². The van der Waals surface area contributed by atoms with E-state index >= 15 is 0 Å². The van der Waals surface area contributed by atoms with Gasteiger partial charge in [-0.15, -0.1) is 0 Å². The van der Waals surface area contributed by atoms with Crippen molar-refractivity contribution < 1.29 is 4.58 Å². The largest absolute Gasteiger partial charge is 0.200 e. The van der Waals surface area contributed by atoms with E-state index in [4.69, 9.17) is 0 Å². The predicted molar refractivity (Wildman–Crippen MR) is 60.5 cm³/mol. The molecule has 0 N–H and O–H groups in total. The molecule has 0 saturated carbocycles. The van der Waals surface area contributed by atoms with E-state index in [1.807, 2.05) is 0 Å². The van der Waals surface area contributed by atoms with E-state index in [-0.39, 0.29) is 0 Å². The SMILES string of the molecule is CC1C=C[N+](C(C)C)=C2C=CC=CC21. The van der Waals surface area contributed by atoms with Crippen LogP contribution in [0.1, 0.15) is 20.8 Å². The highest BCUT2D eigenvalue weighted by Gasteiger charge is 2.30. The minimum absolute atomic E-state index is 0.549. The molecular weight excluding hydrogens is 170 g/mol. The highest BCUT2D eigenvalue weighted by Crippen LogP contribution is 2.24. The zero-order valence-electron chi connectivity index (χ0n) is 9.14. The van der Waals surface area contributed by atoms with E-state index in [1.165, 1.54) is 5.71 Å². The Morgan fingerprint density at radius 1 is 1.21 bits per heavy atom. The standard InChI is InChI=1S/C13H18N/c1-10(2)14-9-8-11(3)12-6-4-5-7-13(12)14/h4-12H,1-3H3/q+1. The molecule has 0 spiro atoms. The van der Waals surface area contributed by atoms with Gasteiger partial charge in [0, 0.05) is 6.08 Å². The maximum atomic E-state index is 2.37. The number of nitrogens with zero attached hydrogens (tertiary/aromatic N) is 1. The first-order valence-corrected chi connectivity index (χ1v) is 5.38. The van der Waals surface area contributed by atoms with Gasteiger partial charge in [-0.3, -0.25) is 0 Å². The third-order valence-electron chi connectivity index (χ3n) is 3.01. The predicted octanol–water partition coefficient (Wildman–Crippen LogP) is 2.75. The van der Waals surface area contributed by atoms with Gasteiger partial charge in [-0.25, -0.2) is 4.58 Å². The lowest BCUT2D eigenvalue weighted by Gasteiger charge is -2.23. The lowest BCUT2D eigenvalue weighted by Crippen LogP contribution is -2.33. The maximum absolute atomic E-state index is 2.37. The Bertz CT molecular complexity index is 342. The summed E-state index contributed by atoms with van der Waals surface area (Å²) in [6.07, 6.45) is 13.4. The van der Waals surface area contributed by atoms with Crippen LogP contribution in [-0.2, 0) is 0 Å². The summed E-state index contributed by atoms with van der Waals surface area (Å²) >= 11 is 0. The van der Waals surface area contributed by atoms with Gasteiger partial charge in [-0.05, 0) is 25.8 Å². The Balaban J connectivity index is 2.44. The van der Waals surface area contributed by atoms with Crippen molar-refractivity contribution in [3.8, 4) is 0 Å². The highest BCUT2D eigenvalue weighted by molar-refractivity contribution is 5.96. The molecule has 0 aromatic rings. The van der Waals surface area contributed by atoms with Crippen LogP contribution in [-0.4, -0.2) is 16.3 Å². The fourth-order valence-electron chi connectivity index (χ4n) is 2.16. The average Bonchev–Trinajstić information content (AvgIpc) is 2.18. The number of allylic oxidation sites excluding steroid dienone is 5. The van der Waals surface area contributed by atoms with Crippen LogP contribution in [0.2, 0.25) is 0 Å². The second kappa shape index (κ2) is 3.56. The molecule has 0 saturated heterocycles. The Morgan fingerprint density at radius 2 is 2.00 bits per heavy atom. The van der Waals surface area contributed by atoms with E-state index < -0.39 is 0 Å². The van der Waals surface area contributed by atoms with Gasteiger partial charge in [0.1, 0.15) is 0 Å². The molecule has 2 unspecified atom stereocenters. The minimum Gasteiger partial charge on any atom is -0.200 e. The lowest BCUT2D eigenvalue weighted by molar-refractivity contribution is -0.495. The number of rotatable bonds is 1. The molecule has 1 aliphatic carbocycles. The van der Waals surface area contributed by atoms with Crippen molar-refractivity contribution in [3.05, 3.63) is 36.6 Å². The summed E-state index contributed by atoms with van der Waals surface area (Å²) in [5.41, 5.74) is 1.44. The first-order chi connectivity index (χ1) is 6.70. The topological polar surface area (TPSA) is 3.01 Å². The minimum atomic E-state index is 0.549. The van der Waals surface area contributed by atoms with Gasteiger partial charge < -0.3 is 0 Å². The fraction of sp³-hybridized carbons (Fsp3) is 0.462. The van der Waals surface area contributed by atoms with Gasteiger partial charge in [0.05, 0.1) is 5.92 Å². The van der Waals surface area contributed by atoms with Crippen LogP contribution in [0.15, 0.2) is 36.6 Å². The van der Waals surface area contributed by atoms with Crippen LogP contribution in [0.3, 0.4) is 0 Å². The van der Waals surface area contributed by atoms with Crippen molar-refractivity contribution in [2.75, 3.05) is 0 Å². The zero-order valence-corrected chi connectivity index (χ0v) is 9.14. The third kappa shape index (κ3) is 1.47. The molecule has 2 aliphatic rings. The van der Waals surface area contributed by atoms with Crippen molar-refractivity contribution in [2.45, 2.75) is 26.8 Å². The summed E-state index contributed by atoms with van der Waals surface area (Å²) < 4.78 is 2.37. The molecule has 0 amide bonds. The van der Waals surface area contributed by atoms with Crippen molar-refractivity contribution >= 4 is 5.71 Å². The Labute approximate surface area is 86.1 Å². The summed E-state index contributed by atoms with van der Waals surface area (Å²) in [4.78, 5) is 0. The van der Waals surface area contributed by atoms with Crippen LogP contribution in [0.4, 0.5) is 0 Å². The van der Waals surface area contributed by atoms with Crippen LogP contribution in [0.5, 0.6) is 0 Å². The number of hydrogen-bond donors (Lipinski definition) is 0. The monoisotopic (exact) mass is 188 g/mol. The molecule has 2 rings (SSSR count). The summed E-state index contributed by atoms with van der Waals surface area (Å²) in [6.45, 7) is 6.75. The lowest BCUT2D eigenvalue weighted by atomic mass is 9.84. The molecule has 14 heavy (non-hydrogen) atoms. The molecule has 0 aromatic carbocycles. The second-order valence-corrected chi connectivity index (χ2v) is 4.40. The third-order valence-corrected chi connectivity index (χ3v) is 3.01. The van der Waals surface area contributed by atoms with Crippen molar-refractivity contribution in [1.82, 2.24) is 0 Å². The summed E-state index contributed by atoms with van der Waals surface area (Å²) in [7, 11) is 0. The van der Waals surface area contributed by atoms with Crippen molar-refractivity contribution in [2.24, 2.45) is 11.8 Å². The zero-order chi connectivity index (χ0) is 10.1. The van der Waals surface area contributed by atoms with E-state index in [9.17, 15) is 0 Å². The van der Waals surface area contributed by atoms with Crippen LogP contribution in [0.25, 0.3) is 0 Å². The van der Waals surface area contributed by atoms with E-state index in [0.717, 1.165) is 0 Å². The first-order valence-electron chi connectivity index (χ1n) is 5.38. The number of hydrogen-bond acceptors (Lipinski definition) is 0. The van der Waals surface area contributed by atoms with E-state index in [1.54, 1.807) is 0 Å².